The summed E-state index contributed by atoms with van der Waals surface area (Å²) >= 11 is 1.37. The van der Waals surface area contributed by atoms with E-state index in [0.29, 0.717) is 11.7 Å². The molecular formula is C23H26N4O2S. The number of carbonyl (C=O) groups excluding carboxylic acids is 2. The van der Waals surface area contributed by atoms with E-state index in [0.717, 1.165) is 29.6 Å². The van der Waals surface area contributed by atoms with Gasteiger partial charge in [0.15, 0.2) is 5.16 Å². The second kappa shape index (κ2) is 8.92. The van der Waals surface area contributed by atoms with Gasteiger partial charge in [0.1, 0.15) is 6.54 Å². The van der Waals surface area contributed by atoms with Crippen molar-refractivity contribution in [3.8, 4) is 0 Å². The van der Waals surface area contributed by atoms with Gasteiger partial charge in [-0.15, -0.1) is 0 Å². The van der Waals surface area contributed by atoms with Crippen LogP contribution in [0.3, 0.4) is 0 Å². The average molecular weight is 423 g/mol. The number of aromatic nitrogens is 2. The maximum absolute atomic E-state index is 13.4. The highest BCUT2D eigenvalue weighted by molar-refractivity contribution is 7.99. The highest BCUT2D eigenvalue weighted by Crippen LogP contribution is 2.33. The van der Waals surface area contributed by atoms with Crippen molar-refractivity contribution in [3.05, 3.63) is 54.1 Å². The Bertz CT molecular complexity index is 1080. The number of imidazole rings is 1. The van der Waals surface area contributed by atoms with Gasteiger partial charge in [0.2, 0.25) is 11.8 Å². The topological polar surface area (TPSA) is 67.2 Å². The lowest BCUT2D eigenvalue weighted by atomic mass is 10.1. The molecule has 0 saturated heterocycles. The van der Waals surface area contributed by atoms with Crippen molar-refractivity contribution in [2.24, 2.45) is 0 Å². The summed E-state index contributed by atoms with van der Waals surface area (Å²) in [6.45, 7) is 4.96. The smallest absolute Gasteiger partial charge is 0.247 e. The van der Waals surface area contributed by atoms with Gasteiger partial charge in [0.05, 0.1) is 16.8 Å². The van der Waals surface area contributed by atoms with Gasteiger partial charge in [-0.2, -0.15) is 0 Å². The van der Waals surface area contributed by atoms with E-state index in [-0.39, 0.29) is 30.2 Å². The van der Waals surface area contributed by atoms with Crippen molar-refractivity contribution in [2.75, 3.05) is 17.2 Å². The minimum absolute atomic E-state index is 0.0196. The number of rotatable bonds is 7. The number of hydrogen-bond acceptors (Lipinski definition) is 4. The Hall–Kier alpha value is -2.80. The predicted molar refractivity (Wildman–Crippen MR) is 121 cm³/mol. The number of benzene rings is 2. The van der Waals surface area contributed by atoms with E-state index in [1.54, 1.807) is 0 Å². The van der Waals surface area contributed by atoms with Crippen LogP contribution in [0.2, 0.25) is 0 Å². The van der Waals surface area contributed by atoms with Crippen molar-refractivity contribution in [1.29, 1.82) is 0 Å². The monoisotopic (exact) mass is 422 g/mol. The third-order valence-corrected chi connectivity index (χ3v) is 6.27. The highest BCUT2D eigenvalue weighted by Gasteiger charge is 2.31. The fraction of sp³-hybridized carbons (Fsp3) is 0.348. The third kappa shape index (κ3) is 4.07. The minimum atomic E-state index is -0.0196. The largest absolute Gasteiger partial charge is 0.355 e. The zero-order chi connectivity index (χ0) is 21.1. The molecule has 30 heavy (non-hydrogen) atoms. The summed E-state index contributed by atoms with van der Waals surface area (Å²) in [4.78, 5) is 32.0. The molecule has 6 nitrogen and oxygen atoms in total. The lowest BCUT2D eigenvalue weighted by Crippen LogP contribution is -2.38. The summed E-state index contributed by atoms with van der Waals surface area (Å²) in [5, 5.41) is 3.58. The van der Waals surface area contributed by atoms with Gasteiger partial charge in [-0.3, -0.25) is 9.59 Å². The fourth-order valence-electron chi connectivity index (χ4n) is 3.92. The van der Waals surface area contributed by atoms with Crippen LogP contribution in [0, 0.1) is 0 Å². The number of para-hydroxylation sites is 3. The molecule has 1 aromatic heterocycles. The highest BCUT2D eigenvalue weighted by atomic mass is 32.2. The molecule has 1 aliphatic heterocycles. The first-order chi connectivity index (χ1) is 14.6. The number of anilines is 1. The van der Waals surface area contributed by atoms with Crippen molar-refractivity contribution in [2.45, 2.75) is 44.4 Å². The quantitative estimate of drug-likeness (QED) is 0.591. The van der Waals surface area contributed by atoms with Crippen LogP contribution >= 0.6 is 11.8 Å². The lowest BCUT2D eigenvalue weighted by Gasteiger charge is -2.23. The molecule has 0 bridgehead atoms. The van der Waals surface area contributed by atoms with Crippen LogP contribution in [0.15, 0.2) is 53.7 Å². The Kier molecular flexibility index (Phi) is 6.08. The molecule has 2 amide bonds. The van der Waals surface area contributed by atoms with Crippen molar-refractivity contribution < 1.29 is 9.59 Å². The molecule has 0 radical (unpaired) electrons. The molecular weight excluding hydrogens is 396 g/mol. The van der Waals surface area contributed by atoms with E-state index in [2.05, 4.69) is 23.3 Å². The number of amides is 2. The van der Waals surface area contributed by atoms with Crippen LogP contribution in [0.4, 0.5) is 5.69 Å². The Morgan fingerprint density at radius 3 is 2.77 bits per heavy atom. The van der Waals surface area contributed by atoms with Crippen molar-refractivity contribution in [3.63, 3.8) is 0 Å². The summed E-state index contributed by atoms with van der Waals surface area (Å²) in [7, 11) is 0. The maximum atomic E-state index is 13.4. The number of nitrogens with one attached hydrogen (secondary N) is 1. The Labute approximate surface area is 180 Å². The Balaban J connectivity index is 1.59. The second-order valence-corrected chi connectivity index (χ2v) is 8.50. The van der Waals surface area contributed by atoms with Gasteiger partial charge in [-0.1, -0.05) is 49.0 Å². The fourth-order valence-corrected chi connectivity index (χ4v) is 4.76. The SMILES string of the molecule is CCCNC(=O)CSc1nc2ccccc2n1CC(=O)N1c2ccccc2C[C@H]1C. The molecule has 0 unspecified atom stereocenters. The van der Waals surface area contributed by atoms with Gasteiger partial charge in [0, 0.05) is 18.3 Å². The molecule has 3 aromatic rings. The van der Waals surface area contributed by atoms with Crippen molar-refractivity contribution >= 4 is 40.3 Å². The molecule has 0 saturated carbocycles. The third-order valence-electron chi connectivity index (χ3n) is 5.29. The molecule has 0 spiro atoms. The zero-order valence-electron chi connectivity index (χ0n) is 17.3. The molecule has 1 aliphatic rings. The first kappa shape index (κ1) is 20.5. The van der Waals surface area contributed by atoms with E-state index in [4.69, 9.17) is 0 Å². The van der Waals surface area contributed by atoms with E-state index in [1.807, 2.05) is 58.9 Å². The van der Waals surface area contributed by atoms with Crippen LogP contribution in [0.25, 0.3) is 11.0 Å². The number of hydrogen-bond donors (Lipinski definition) is 1. The van der Waals surface area contributed by atoms with Crippen LogP contribution < -0.4 is 10.2 Å². The van der Waals surface area contributed by atoms with E-state index in [9.17, 15) is 9.59 Å². The Morgan fingerprint density at radius 1 is 1.17 bits per heavy atom. The molecule has 1 N–H and O–H groups in total. The van der Waals surface area contributed by atoms with Gasteiger partial charge < -0.3 is 14.8 Å². The molecule has 2 heterocycles. The second-order valence-electron chi connectivity index (χ2n) is 7.55. The number of carbonyl (C=O) groups is 2. The number of fused-ring (bicyclic) bond motifs is 2. The van der Waals surface area contributed by atoms with Gasteiger partial charge in [-0.25, -0.2) is 4.98 Å². The average Bonchev–Trinajstić information content (AvgIpc) is 3.27. The molecule has 0 fully saturated rings. The van der Waals surface area contributed by atoms with Crippen LogP contribution in [-0.2, 0) is 22.6 Å². The van der Waals surface area contributed by atoms with Crippen LogP contribution in [0.5, 0.6) is 0 Å². The molecule has 0 aliphatic carbocycles. The summed E-state index contributed by atoms with van der Waals surface area (Å²) in [6, 6.07) is 16.0. The summed E-state index contributed by atoms with van der Waals surface area (Å²) in [6.07, 6.45) is 1.77. The van der Waals surface area contributed by atoms with E-state index in [1.165, 1.54) is 17.3 Å². The van der Waals surface area contributed by atoms with Crippen LogP contribution in [0.1, 0.15) is 25.8 Å². The van der Waals surface area contributed by atoms with Gasteiger partial charge in [-0.05, 0) is 43.5 Å². The molecule has 1 atom stereocenters. The number of thioether (sulfide) groups is 1. The normalized spacial score (nSPS) is 15.4. The molecule has 4 rings (SSSR count). The first-order valence-electron chi connectivity index (χ1n) is 10.3. The van der Waals surface area contributed by atoms with Gasteiger partial charge in [0.25, 0.3) is 0 Å². The zero-order valence-corrected chi connectivity index (χ0v) is 18.1. The first-order valence-corrected chi connectivity index (χ1v) is 11.3. The molecule has 7 heteroatoms. The summed E-state index contributed by atoms with van der Waals surface area (Å²) < 4.78 is 1.93. The summed E-state index contributed by atoms with van der Waals surface area (Å²) in [5.74, 6) is 0.294. The van der Waals surface area contributed by atoms with E-state index >= 15 is 0 Å². The minimum Gasteiger partial charge on any atom is -0.355 e. The summed E-state index contributed by atoms with van der Waals surface area (Å²) in [5.41, 5.74) is 3.93. The van der Waals surface area contributed by atoms with Gasteiger partial charge >= 0.3 is 0 Å². The van der Waals surface area contributed by atoms with Crippen LogP contribution in [-0.4, -0.2) is 39.7 Å². The predicted octanol–water partition coefficient (Wildman–Crippen LogP) is 3.63. The van der Waals surface area contributed by atoms with E-state index < -0.39 is 0 Å². The number of nitrogens with zero attached hydrogens (tertiary/aromatic N) is 3. The van der Waals surface area contributed by atoms with Crippen molar-refractivity contribution in [1.82, 2.24) is 14.9 Å². The molecule has 2 aromatic carbocycles. The maximum Gasteiger partial charge on any atom is 0.247 e. The lowest BCUT2D eigenvalue weighted by molar-refractivity contribution is -0.119. The molecule has 156 valence electrons. The standard InChI is InChI=1S/C23H26N4O2S/c1-3-12-24-21(28)15-30-23-25-18-9-5-7-11-20(18)26(23)14-22(29)27-16(2)13-17-8-4-6-10-19(17)27/h4-11,16H,3,12-15H2,1-2H3,(H,24,28)/t16-/m1/s1. The Morgan fingerprint density at radius 2 is 1.93 bits per heavy atom.